The van der Waals surface area contributed by atoms with E-state index in [1.807, 2.05) is 31.2 Å². The Morgan fingerprint density at radius 3 is 2.73 bits per heavy atom. The molecule has 0 spiro atoms. The van der Waals surface area contributed by atoms with E-state index in [1.165, 1.54) is 5.56 Å². The lowest BCUT2D eigenvalue weighted by Crippen LogP contribution is -2.64. The van der Waals surface area contributed by atoms with Gasteiger partial charge in [0.15, 0.2) is 0 Å². The van der Waals surface area contributed by atoms with Crippen LogP contribution < -0.4 is 10.2 Å². The fourth-order valence-corrected chi connectivity index (χ4v) is 5.23. The van der Waals surface area contributed by atoms with Crippen molar-refractivity contribution in [2.24, 2.45) is 0 Å². The van der Waals surface area contributed by atoms with Crippen LogP contribution >= 0.6 is 0 Å². The Kier molecular flexibility index (Phi) is 4.38. The second-order valence-corrected chi connectivity index (χ2v) is 8.57. The van der Waals surface area contributed by atoms with Crippen molar-refractivity contribution in [1.29, 1.82) is 0 Å². The first-order valence-electron chi connectivity index (χ1n) is 10.6. The van der Waals surface area contributed by atoms with Crippen molar-refractivity contribution < 1.29 is 14.4 Å². The molecule has 1 aliphatic carbocycles. The molecule has 0 radical (unpaired) electrons. The van der Waals surface area contributed by atoms with Crippen molar-refractivity contribution in [2.75, 3.05) is 11.4 Å². The van der Waals surface area contributed by atoms with Crippen LogP contribution in [-0.2, 0) is 16.0 Å². The molecule has 2 atom stereocenters. The number of rotatable bonds is 3. The van der Waals surface area contributed by atoms with Gasteiger partial charge in [-0.3, -0.25) is 19.3 Å². The molecule has 0 aromatic heterocycles. The van der Waals surface area contributed by atoms with Gasteiger partial charge in [0.25, 0.3) is 5.91 Å². The minimum absolute atomic E-state index is 0.0101. The molecule has 0 unspecified atom stereocenters. The summed E-state index contributed by atoms with van der Waals surface area (Å²) < 4.78 is 0. The predicted octanol–water partition coefficient (Wildman–Crippen LogP) is 3.18. The number of nitrogens with zero attached hydrogens (tertiary/aromatic N) is 2. The van der Waals surface area contributed by atoms with Gasteiger partial charge in [0.2, 0.25) is 11.8 Å². The third-order valence-electron chi connectivity index (χ3n) is 6.75. The van der Waals surface area contributed by atoms with E-state index >= 15 is 0 Å². The summed E-state index contributed by atoms with van der Waals surface area (Å²) in [4.78, 5) is 42.3. The molecule has 30 heavy (non-hydrogen) atoms. The van der Waals surface area contributed by atoms with Gasteiger partial charge in [-0.25, -0.2) is 0 Å². The second kappa shape index (κ2) is 6.97. The lowest BCUT2D eigenvalue weighted by molar-refractivity contribution is -0.124. The van der Waals surface area contributed by atoms with Crippen molar-refractivity contribution in [2.45, 2.75) is 50.7 Å². The van der Waals surface area contributed by atoms with Crippen LogP contribution in [0.1, 0.15) is 60.1 Å². The fraction of sp³-hybridized carbons (Fsp3) is 0.375. The van der Waals surface area contributed by atoms with Crippen LogP contribution in [-0.4, -0.2) is 34.8 Å². The number of carbonyl (C=O) groups excluding carboxylic acids is 3. The summed E-state index contributed by atoms with van der Waals surface area (Å²) in [6, 6.07) is 15.3. The number of hydrogen-bond donors (Lipinski definition) is 1. The summed E-state index contributed by atoms with van der Waals surface area (Å²) in [5.74, 6) is -0.396. The summed E-state index contributed by atoms with van der Waals surface area (Å²) in [7, 11) is 0. The molecular weight excluding hydrogens is 378 g/mol. The van der Waals surface area contributed by atoms with Crippen molar-refractivity contribution in [3.8, 4) is 0 Å². The van der Waals surface area contributed by atoms with Crippen LogP contribution in [0.15, 0.2) is 48.5 Å². The third kappa shape index (κ3) is 2.82. The predicted molar refractivity (Wildman–Crippen MR) is 113 cm³/mol. The molecule has 2 aromatic carbocycles. The average molecular weight is 403 g/mol. The first-order valence-corrected chi connectivity index (χ1v) is 10.6. The van der Waals surface area contributed by atoms with Crippen molar-refractivity contribution >= 4 is 23.4 Å². The van der Waals surface area contributed by atoms with Gasteiger partial charge >= 0.3 is 0 Å². The number of aryl methyl sites for hydroxylation is 1. The smallest absolute Gasteiger partial charge is 0.258 e. The molecule has 2 heterocycles. The van der Waals surface area contributed by atoms with E-state index in [0.29, 0.717) is 24.1 Å². The maximum atomic E-state index is 13.3. The Morgan fingerprint density at radius 1 is 1.10 bits per heavy atom. The topological polar surface area (TPSA) is 69.7 Å². The molecule has 2 aliphatic heterocycles. The van der Waals surface area contributed by atoms with E-state index in [1.54, 1.807) is 21.9 Å². The van der Waals surface area contributed by atoms with Gasteiger partial charge in [0.1, 0.15) is 12.2 Å². The highest BCUT2D eigenvalue weighted by Crippen LogP contribution is 2.43. The third-order valence-corrected chi connectivity index (χ3v) is 6.75. The van der Waals surface area contributed by atoms with Crippen LogP contribution in [0.5, 0.6) is 0 Å². The zero-order valence-electron chi connectivity index (χ0n) is 17.1. The van der Waals surface area contributed by atoms with E-state index in [-0.39, 0.29) is 30.3 Å². The van der Waals surface area contributed by atoms with Gasteiger partial charge in [-0.2, -0.15) is 0 Å². The lowest BCUT2D eigenvalue weighted by atomic mass is 9.87. The van der Waals surface area contributed by atoms with E-state index in [9.17, 15) is 14.4 Å². The van der Waals surface area contributed by atoms with E-state index < -0.39 is 5.66 Å². The van der Waals surface area contributed by atoms with Gasteiger partial charge in [-0.05, 0) is 55.9 Å². The number of hydrogen-bond acceptors (Lipinski definition) is 3. The molecule has 5 rings (SSSR count). The summed E-state index contributed by atoms with van der Waals surface area (Å²) in [5, 5.41) is 3.14. The number of amides is 3. The van der Waals surface area contributed by atoms with Crippen molar-refractivity contribution in [3.63, 3.8) is 0 Å². The summed E-state index contributed by atoms with van der Waals surface area (Å²) in [5.41, 5.74) is 2.74. The number of nitrogens with one attached hydrogen (secondary N) is 1. The quantitative estimate of drug-likeness (QED) is 0.856. The molecule has 1 saturated heterocycles. The fourth-order valence-electron chi connectivity index (χ4n) is 5.23. The number of fused-ring (bicyclic) bond motifs is 4. The van der Waals surface area contributed by atoms with Crippen LogP contribution in [0.3, 0.4) is 0 Å². The van der Waals surface area contributed by atoms with Crippen LogP contribution in [0.25, 0.3) is 0 Å². The minimum Gasteiger partial charge on any atom is -0.348 e. The van der Waals surface area contributed by atoms with Crippen LogP contribution in [0.4, 0.5) is 5.69 Å². The molecule has 0 bridgehead atoms. The first-order chi connectivity index (χ1) is 14.5. The molecule has 154 valence electrons. The molecule has 0 saturated carbocycles. The molecule has 6 heteroatoms. The maximum absolute atomic E-state index is 13.3. The Hall–Kier alpha value is -3.15. The Balaban J connectivity index is 1.41. The van der Waals surface area contributed by atoms with Crippen molar-refractivity contribution in [3.05, 3.63) is 65.2 Å². The molecule has 1 N–H and O–H groups in total. The van der Waals surface area contributed by atoms with Gasteiger partial charge in [-0.15, -0.1) is 0 Å². The highest BCUT2D eigenvalue weighted by Gasteiger charge is 2.53. The number of anilines is 1. The highest BCUT2D eigenvalue weighted by molar-refractivity contribution is 6.11. The van der Waals surface area contributed by atoms with Crippen LogP contribution in [0, 0.1) is 0 Å². The van der Waals surface area contributed by atoms with Crippen LogP contribution in [0.2, 0.25) is 0 Å². The summed E-state index contributed by atoms with van der Waals surface area (Å²) in [6.07, 6.45) is 3.83. The van der Waals surface area contributed by atoms with E-state index in [2.05, 4.69) is 17.4 Å². The minimum atomic E-state index is -0.815. The maximum Gasteiger partial charge on any atom is 0.258 e. The molecule has 3 amide bonds. The number of para-hydroxylation sites is 1. The Morgan fingerprint density at radius 2 is 1.87 bits per heavy atom. The SMILES string of the molecule is C[C@@]12CCC(=O)N1c1ccccc1C(=O)N2CC(=O)N[C@@H]1CCCc2ccccc21. The molecule has 1 fully saturated rings. The van der Waals surface area contributed by atoms with Gasteiger partial charge in [-0.1, -0.05) is 36.4 Å². The van der Waals surface area contributed by atoms with Crippen molar-refractivity contribution in [1.82, 2.24) is 10.2 Å². The second-order valence-electron chi connectivity index (χ2n) is 8.57. The van der Waals surface area contributed by atoms with Gasteiger partial charge < -0.3 is 10.2 Å². The monoisotopic (exact) mass is 403 g/mol. The number of carbonyl (C=O) groups is 3. The highest BCUT2D eigenvalue weighted by atomic mass is 16.2. The Labute approximate surface area is 175 Å². The molecule has 3 aliphatic rings. The summed E-state index contributed by atoms with van der Waals surface area (Å²) >= 11 is 0. The number of benzene rings is 2. The zero-order valence-corrected chi connectivity index (χ0v) is 17.1. The molecule has 2 aromatic rings. The lowest BCUT2D eigenvalue weighted by Gasteiger charge is -2.48. The van der Waals surface area contributed by atoms with Gasteiger partial charge in [0.05, 0.1) is 17.3 Å². The largest absolute Gasteiger partial charge is 0.348 e. The zero-order chi connectivity index (χ0) is 20.9. The molecule has 6 nitrogen and oxygen atoms in total. The van der Waals surface area contributed by atoms with E-state index in [0.717, 1.165) is 24.8 Å². The average Bonchev–Trinajstić information content (AvgIpc) is 3.07. The van der Waals surface area contributed by atoms with Gasteiger partial charge in [0, 0.05) is 6.42 Å². The summed E-state index contributed by atoms with van der Waals surface area (Å²) in [6.45, 7) is 1.82. The standard InChI is InChI=1S/C24H25N3O3/c1-24-14-13-22(29)27(24)20-12-5-4-10-18(20)23(30)26(24)15-21(28)25-19-11-6-8-16-7-2-3-9-17(16)19/h2-5,7,9-10,12,19H,6,8,11,13-15H2,1H3,(H,25,28)/t19-,24+/m1/s1. The first kappa shape index (κ1) is 18.9. The Bertz CT molecular complexity index is 1050. The normalized spacial score (nSPS) is 24.9. The van der Waals surface area contributed by atoms with E-state index in [4.69, 9.17) is 0 Å². The molecular formula is C24H25N3O3.